The lowest BCUT2D eigenvalue weighted by molar-refractivity contribution is -0.137. The van der Waals surface area contributed by atoms with Crippen LogP contribution in [-0.4, -0.2) is 25.2 Å². The number of alkyl halides is 3. The SMILES string of the molecule is N#Cc1cc(N2C3CCNCC2CC3)ccc1C(F)(F)F. The first-order chi connectivity index (χ1) is 10.0. The van der Waals surface area contributed by atoms with E-state index in [1.54, 1.807) is 6.07 Å². The van der Waals surface area contributed by atoms with Gasteiger partial charge < -0.3 is 10.2 Å². The Morgan fingerprint density at radius 1 is 1.19 bits per heavy atom. The predicted octanol–water partition coefficient (Wildman–Crippen LogP) is 2.91. The minimum absolute atomic E-state index is 0.295. The van der Waals surface area contributed by atoms with E-state index in [1.807, 2.05) is 0 Å². The second kappa shape index (κ2) is 5.23. The van der Waals surface area contributed by atoms with Crippen LogP contribution >= 0.6 is 0 Å². The predicted molar refractivity (Wildman–Crippen MR) is 72.9 cm³/mol. The summed E-state index contributed by atoms with van der Waals surface area (Å²) in [5, 5.41) is 12.4. The van der Waals surface area contributed by atoms with Gasteiger partial charge in [-0.05, 0) is 44.0 Å². The Labute approximate surface area is 121 Å². The van der Waals surface area contributed by atoms with Gasteiger partial charge in [0.2, 0.25) is 0 Å². The van der Waals surface area contributed by atoms with Crippen molar-refractivity contribution in [3.05, 3.63) is 29.3 Å². The van der Waals surface area contributed by atoms with Gasteiger partial charge in [-0.2, -0.15) is 18.4 Å². The highest BCUT2D eigenvalue weighted by Crippen LogP contribution is 2.37. The van der Waals surface area contributed by atoms with Gasteiger partial charge in [0.15, 0.2) is 0 Å². The van der Waals surface area contributed by atoms with Crippen LogP contribution in [0.3, 0.4) is 0 Å². The van der Waals surface area contributed by atoms with Crippen LogP contribution in [0, 0.1) is 11.3 Å². The lowest BCUT2D eigenvalue weighted by Gasteiger charge is -2.30. The molecule has 3 nitrogen and oxygen atoms in total. The van der Waals surface area contributed by atoms with Gasteiger partial charge in [-0.3, -0.25) is 0 Å². The highest BCUT2D eigenvalue weighted by molar-refractivity contribution is 5.57. The standard InChI is InChI=1S/C15H16F3N3/c16-15(17,18)14-4-3-12(7-10(14)8-19)21-11-1-2-13(21)9-20-6-5-11/h3-4,7,11,13,20H,1-2,5-6,9H2. The number of nitriles is 1. The zero-order valence-corrected chi connectivity index (χ0v) is 11.5. The minimum Gasteiger partial charge on any atom is -0.364 e. The van der Waals surface area contributed by atoms with Crippen molar-refractivity contribution in [2.24, 2.45) is 0 Å². The molecule has 2 heterocycles. The first-order valence-corrected chi connectivity index (χ1v) is 7.11. The fraction of sp³-hybridized carbons (Fsp3) is 0.533. The third kappa shape index (κ3) is 2.58. The van der Waals surface area contributed by atoms with Crippen molar-refractivity contribution in [3.8, 4) is 6.07 Å². The smallest absolute Gasteiger partial charge is 0.364 e. The summed E-state index contributed by atoms with van der Waals surface area (Å²) >= 11 is 0. The summed E-state index contributed by atoms with van der Waals surface area (Å²) in [6, 6.07) is 6.27. The van der Waals surface area contributed by atoms with E-state index in [4.69, 9.17) is 5.26 Å². The maximum absolute atomic E-state index is 12.9. The zero-order chi connectivity index (χ0) is 15.0. The largest absolute Gasteiger partial charge is 0.417 e. The first-order valence-electron chi connectivity index (χ1n) is 7.11. The molecule has 0 aromatic heterocycles. The molecule has 2 atom stereocenters. The Morgan fingerprint density at radius 2 is 1.95 bits per heavy atom. The van der Waals surface area contributed by atoms with Crippen LogP contribution in [0.4, 0.5) is 18.9 Å². The van der Waals surface area contributed by atoms with Gasteiger partial charge >= 0.3 is 6.18 Å². The third-order valence-electron chi connectivity index (χ3n) is 4.38. The molecule has 2 fully saturated rings. The molecule has 0 amide bonds. The number of nitrogens with zero attached hydrogens (tertiary/aromatic N) is 2. The molecule has 6 heteroatoms. The van der Waals surface area contributed by atoms with Crippen molar-refractivity contribution in [2.75, 3.05) is 18.0 Å². The Kier molecular flexibility index (Phi) is 3.54. The molecule has 3 rings (SSSR count). The van der Waals surface area contributed by atoms with E-state index >= 15 is 0 Å². The van der Waals surface area contributed by atoms with E-state index < -0.39 is 11.7 Å². The second-order valence-electron chi connectivity index (χ2n) is 5.62. The summed E-state index contributed by atoms with van der Waals surface area (Å²) in [6.07, 6.45) is -1.39. The highest BCUT2D eigenvalue weighted by Gasteiger charge is 2.37. The average Bonchev–Trinajstić information content (AvgIpc) is 2.70. The summed E-state index contributed by atoms with van der Waals surface area (Å²) < 4.78 is 38.6. The molecule has 1 aromatic rings. The van der Waals surface area contributed by atoms with Crippen LogP contribution < -0.4 is 10.2 Å². The van der Waals surface area contributed by atoms with E-state index in [-0.39, 0.29) is 5.56 Å². The molecular formula is C15H16F3N3. The zero-order valence-electron chi connectivity index (χ0n) is 11.5. The summed E-state index contributed by atoms with van der Waals surface area (Å²) in [7, 11) is 0. The number of halogens is 3. The van der Waals surface area contributed by atoms with Crippen LogP contribution in [0.1, 0.15) is 30.4 Å². The summed E-state index contributed by atoms with van der Waals surface area (Å²) in [4.78, 5) is 2.20. The number of benzene rings is 1. The maximum Gasteiger partial charge on any atom is 0.417 e. The number of anilines is 1. The van der Waals surface area contributed by atoms with Gasteiger partial charge in [-0.15, -0.1) is 0 Å². The number of hydrogen-bond donors (Lipinski definition) is 1. The van der Waals surface area contributed by atoms with Crippen molar-refractivity contribution in [3.63, 3.8) is 0 Å². The molecule has 0 aliphatic carbocycles. The minimum atomic E-state index is -4.48. The molecule has 2 aliphatic rings. The van der Waals surface area contributed by atoms with Gasteiger partial charge in [-0.1, -0.05) is 0 Å². The molecule has 21 heavy (non-hydrogen) atoms. The van der Waals surface area contributed by atoms with Crippen LogP contribution in [0.5, 0.6) is 0 Å². The van der Waals surface area contributed by atoms with E-state index in [0.29, 0.717) is 12.1 Å². The van der Waals surface area contributed by atoms with Crippen LogP contribution in [0.25, 0.3) is 0 Å². The fourth-order valence-electron chi connectivity index (χ4n) is 3.44. The van der Waals surface area contributed by atoms with Crippen LogP contribution in [-0.2, 0) is 6.18 Å². The van der Waals surface area contributed by atoms with Crippen molar-refractivity contribution >= 4 is 5.69 Å². The van der Waals surface area contributed by atoms with Gasteiger partial charge in [-0.25, -0.2) is 0 Å². The summed E-state index contributed by atoms with van der Waals surface area (Å²) in [5.41, 5.74) is -0.415. The van der Waals surface area contributed by atoms with Crippen LogP contribution in [0.2, 0.25) is 0 Å². The number of hydrogen-bond acceptors (Lipinski definition) is 3. The maximum atomic E-state index is 12.9. The number of nitrogens with one attached hydrogen (secondary N) is 1. The van der Waals surface area contributed by atoms with Crippen molar-refractivity contribution in [2.45, 2.75) is 37.5 Å². The average molecular weight is 295 g/mol. The van der Waals surface area contributed by atoms with Crippen molar-refractivity contribution in [1.82, 2.24) is 5.32 Å². The number of fused-ring (bicyclic) bond motifs is 2. The van der Waals surface area contributed by atoms with Crippen molar-refractivity contribution < 1.29 is 13.2 Å². The fourth-order valence-corrected chi connectivity index (χ4v) is 3.44. The molecular weight excluding hydrogens is 279 g/mol. The number of rotatable bonds is 1. The molecule has 2 saturated heterocycles. The van der Waals surface area contributed by atoms with E-state index in [9.17, 15) is 13.2 Å². The molecule has 0 spiro atoms. The third-order valence-corrected chi connectivity index (χ3v) is 4.38. The first kappa shape index (κ1) is 14.2. The summed E-state index contributed by atoms with van der Waals surface area (Å²) in [5.74, 6) is 0. The monoisotopic (exact) mass is 295 g/mol. The Hall–Kier alpha value is -1.74. The normalized spacial score (nSPS) is 25.5. The van der Waals surface area contributed by atoms with E-state index in [0.717, 1.165) is 44.1 Å². The molecule has 112 valence electrons. The van der Waals surface area contributed by atoms with Gasteiger partial charge in [0, 0.05) is 24.3 Å². The van der Waals surface area contributed by atoms with Crippen molar-refractivity contribution in [1.29, 1.82) is 5.26 Å². The van der Waals surface area contributed by atoms with Gasteiger partial charge in [0.05, 0.1) is 17.2 Å². The molecule has 1 aromatic carbocycles. The Bertz CT molecular complexity index is 563. The molecule has 1 N–H and O–H groups in total. The second-order valence-corrected chi connectivity index (χ2v) is 5.62. The molecule has 2 aliphatic heterocycles. The quantitative estimate of drug-likeness (QED) is 0.866. The van der Waals surface area contributed by atoms with E-state index in [2.05, 4.69) is 10.2 Å². The Morgan fingerprint density at radius 3 is 2.67 bits per heavy atom. The van der Waals surface area contributed by atoms with E-state index in [1.165, 1.54) is 12.1 Å². The van der Waals surface area contributed by atoms with Crippen LogP contribution in [0.15, 0.2) is 18.2 Å². The lowest BCUT2D eigenvalue weighted by atomic mass is 10.1. The Balaban J connectivity index is 1.98. The highest BCUT2D eigenvalue weighted by atomic mass is 19.4. The molecule has 2 unspecified atom stereocenters. The molecule has 0 radical (unpaired) electrons. The lowest BCUT2D eigenvalue weighted by Crippen LogP contribution is -2.38. The molecule has 0 saturated carbocycles. The van der Waals surface area contributed by atoms with Gasteiger partial charge in [0.1, 0.15) is 0 Å². The van der Waals surface area contributed by atoms with Gasteiger partial charge in [0.25, 0.3) is 0 Å². The summed E-state index contributed by atoms with van der Waals surface area (Å²) in [6.45, 7) is 1.78. The topological polar surface area (TPSA) is 39.1 Å². The molecule has 2 bridgehead atoms.